The molecule has 180 valence electrons. The fourth-order valence-electron chi connectivity index (χ4n) is 3.96. The zero-order valence-electron chi connectivity index (χ0n) is 20.9. The summed E-state index contributed by atoms with van der Waals surface area (Å²) in [4.78, 5) is 13.6. The third kappa shape index (κ3) is 7.46. The van der Waals surface area contributed by atoms with Gasteiger partial charge in [-0.15, -0.1) is 0 Å². The summed E-state index contributed by atoms with van der Waals surface area (Å²) in [6.45, 7) is 9.56. The molecule has 5 heteroatoms. The number of aryl methyl sites for hydroxylation is 1. The van der Waals surface area contributed by atoms with Gasteiger partial charge in [-0.3, -0.25) is 4.79 Å². The van der Waals surface area contributed by atoms with Crippen molar-refractivity contribution in [2.75, 3.05) is 13.7 Å². The Balaban J connectivity index is 2.41. The number of pyridine rings is 1. The number of methoxy groups -OCH3 is 1. The lowest BCUT2D eigenvalue weighted by molar-refractivity contribution is 0.219. The Bertz CT molecular complexity index is 872. The largest absolute Gasteiger partial charge is 0.497 e. The number of hydrogen-bond donors (Lipinski definition) is 0. The molecule has 1 aromatic heterocycles. The molecule has 0 spiro atoms. The molecule has 2 aromatic rings. The fourth-order valence-corrected chi connectivity index (χ4v) is 3.96. The van der Waals surface area contributed by atoms with Crippen LogP contribution in [0.3, 0.4) is 0 Å². The summed E-state index contributed by atoms with van der Waals surface area (Å²) >= 11 is 0. The fraction of sp³-hybridized carbons (Fsp3) is 0.667. The third-order valence-electron chi connectivity index (χ3n) is 5.72. The lowest BCUT2D eigenvalue weighted by Gasteiger charge is -2.20. The van der Waals surface area contributed by atoms with Gasteiger partial charge in [0.1, 0.15) is 5.75 Å². The normalized spacial score (nSPS) is 11.3. The van der Waals surface area contributed by atoms with Gasteiger partial charge >= 0.3 is 0 Å². The Morgan fingerprint density at radius 3 is 2.19 bits per heavy atom. The zero-order valence-corrected chi connectivity index (χ0v) is 20.9. The molecule has 0 aliphatic heterocycles. The third-order valence-corrected chi connectivity index (χ3v) is 5.72. The molecule has 0 atom stereocenters. The average molecular weight is 446 g/mol. The van der Waals surface area contributed by atoms with Crippen LogP contribution in [0.1, 0.15) is 91.9 Å². The van der Waals surface area contributed by atoms with Crippen LogP contribution < -0.4 is 19.8 Å². The first kappa shape index (κ1) is 26.1. The van der Waals surface area contributed by atoms with Crippen molar-refractivity contribution in [2.45, 2.75) is 105 Å². The van der Waals surface area contributed by atoms with Crippen LogP contribution in [0.4, 0.5) is 0 Å². The molecule has 0 N–H and O–H groups in total. The Hall–Kier alpha value is -2.17. The second-order valence-corrected chi connectivity index (χ2v) is 8.84. The van der Waals surface area contributed by atoms with Gasteiger partial charge in [-0.25, -0.2) is 0 Å². The van der Waals surface area contributed by atoms with Crippen LogP contribution >= 0.6 is 0 Å². The molecule has 0 unspecified atom stereocenters. The molecular weight excluding hydrogens is 402 g/mol. The van der Waals surface area contributed by atoms with Crippen molar-refractivity contribution in [3.05, 3.63) is 28.6 Å². The number of ether oxygens (including phenoxy) is 3. The molecule has 1 heterocycles. The van der Waals surface area contributed by atoms with Crippen LogP contribution in [0.5, 0.6) is 17.2 Å². The second kappa shape index (κ2) is 14.1. The van der Waals surface area contributed by atoms with E-state index in [1.165, 1.54) is 38.5 Å². The summed E-state index contributed by atoms with van der Waals surface area (Å²) in [7, 11) is 1.65. The zero-order chi connectivity index (χ0) is 23.3. The lowest BCUT2D eigenvalue weighted by atomic mass is 10.1. The minimum atomic E-state index is -0.106. The highest BCUT2D eigenvalue weighted by Crippen LogP contribution is 2.35. The molecule has 0 saturated carbocycles. The van der Waals surface area contributed by atoms with Crippen molar-refractivity contribution in [2.24, 2.45) is 0 Å². The Labute approximate surface area is 194 Å². The van der Waals surface area contributed by atoms with Crippen molar-refractivity contribution in [1.29, 1.82) is 0 Å². The van der Waals surface area contributed by atoms with E-state index in [0.717, 1.165) is 42.3 Å². The van der Waals surface area contributed by atoms with Crippen LogP contribution in [-0.2, 0) is 6.54 Å². The van der Waals surface area contributed by atoms with Gasteiger partial charge < -0.3 is 18.8 Å². The van der Waals surface area contributed by atoms with E-state index in [4.69, 9.17) is 14.2 Å². The molecule has 0 bridgehead atoms. The topological polar surface area (TPSA) is 49.7 Å². The highest BCUT2D eigenvalue weighted by Gasteiger charge is 2.21. The summed E-state index contributed by atoms with van der Waals surface area (Å²) in [5.41, 5.74) is 0.738. The summed E-state index contributed by atoms with van der Waals surface area (Å²) < 4.78 is 19.5. The van der Waals surface area contributed by atoms with E-state index < -0.39 is 0 Å². The van der Waals surface area contributed by atoms with Gasteiger partial charge in [-0.05, 0) is 38.8 Å². The molecule has 0 saturated heterocycles. The number of benzene rings is 1. The quantitative estimate of drug-likeness (QED) is 0.258. The monoisotopic (exact) mass is 445 g/mol. The summed E-state index contributed by atoms with van der Waals surface area (Å²) in [6, 6.07) is 5.83. The molecule has 32 heavy (non-hydrogen) atoms. The van der Waals surface area contributed by atoms with E-state index >= 15 is 0 Å². The van der Waals surface area contributed by atoms with Crippen LogP contribution in [0.2, 0.25) is 0 Å². The molecule has 1 aromatic carbocycles. The van der Waals surface area contributed by atoms with E-state index in [9.17, 15) is 4.79 Å². The van der Waals surface area contributed by atoms with E-state index in [0.29, 0.717) is 24.7 Å². The van der Waals surface area contributed by atoms with Gasteiger partial charge in [0.2, 0.25) is 5.75 Å². The van der Waals surface area contributed by atoms with Crippen molar-refractivity contribution < 1.29 is 14.2 Å². The SMILES string of the molecule is CCCCCCCCn1c(=O)c(OCCCCCC)c(OC(C)C)c2ccc(OC)cc21. The first-order valence-electron chi connectivity index (χ1n) is 12.6. The highest BCUT2D eigenvalue weighted by molar-refractivity contribution is 5.89. The van der Waals surface area contributed by atoms with Crippen LogP contribution in [0.25, 0.3) is 10.9 Å². The molecule has 0 amide bonds. The van der Waals surface area contributed by atoms with Crippen LogP contribution in [0.15, 0.2) is 23.0 Å². The molecule has 0 radical (unpaired) electrons. The van der Waals surface area contributed by atoms with Gasteiger partial charge in [-0.2, -0.15) is 0 Å². The molecule has 0 aliphatic rings. The Kier molecular flexibility index (Phi) is 11.5. The van der Waals surface area contributed by atoms with Crippen molar-refractivity contribution in [3.8, 4) is 17.2 Å². The van der Waals surface area contributed by atoms with E-state index in [2.05, 4.69) is 13.8 Å². The first-order chi connectivity index (χ1) is 15.5. The van der Waals surface area contributed by atoms with Gasteiger partial charge in [-0.1, -0.05) is 65.2 Å². The Morgan fingerprint density at radius 1 is 0.875 bits per heavy atom. The standard InChI is InChI=1S/C27H43NO4/c1-6-8-10-12-13-14-18-28-24-20-22(30-5)16-17-23(24)25(32-21(3)4)26(27(28)29)31-19-15-11-9-7-2/h16-17,20-21H,6-15,18-19H2,1-5H3. The van der Waals surface area contributed by atoms with Crippen LogP contribution in [-0.4, -0.2) is 24.4 Å². The van der Waals surface area contributed by atoms with Gasteiger partial charge in [0.25, 0.3) is 5.56 Å². The maximum Gasteiger partial charge on any atom is 0.297 e. The highest BCUT2D eigenvalue weighted by atomic mass is 16.5. The maximum absolute atomic E-state index is 13.6. The van der Waals surface area contributed by atoms with Crippen LogP contribution in [0, 0.1) is 0 Å². The van der Waals surface area contributed by atoms with Gasteiger partial charge in [0, 0.05) is 18.0 Å². The molecule has 5 nitrogen and oxygen atoms in total. The summed E-state index contributed by atoms with van der Waals surface area (Å²) in [6.07, 6.45) is 11.4. The van der Waals surface area contributed by atoms with Gasteiger partial charge in [0.05, 0.1) is 25.3 Å². The van der Waals surface area contributed by atoms with Crippen molar-refractivity contribution >= 4 is 10.9 Å². The number of aromatic nitrogens is 1. The number of nitrogens with zero attached hydrogens (tertiary/aromatic N) is 1. The minimum Gasteiger partial charge on any atom is -0.497 e. The molecule has 0 aliphatic carbocycles. The second-order valence-electron chi connectivity index (χ2n) is 8.84. The first-order valence-corrected chi connectivity index (χ1v) is 12.6. The minimum absolute atomic E-state index is 0.0587. The van der Waals surface area contributed by atoms with Crippen molar-refractivity contribution in [3.63, 3.8) is 0 Å². The van der Waals surface area contributed by atoms with Crippen molar-refractivity contribution in [1.82, 2.24) is 4.57 Å². The van der Waals surface area contributed by atoms with Gasteiger partial charge in [0.15, 0.2) is 5.75 Å². The number of hydrogen-bond acceptors (Lipinski definition) is 4. The number of rotatable bonds is 16. The predicted molar refractivity (Wildman–Crippen MR) is 134 cm³/mol. The lowest BCUT2D eigenvalue weighted by Crippen LogP contribution is -2.25. The number of unbranched alkanes of at least 4 members (excludes halogenated alkanes) is 8. The Morgan fingerprint density at radius 2 is 1.53 bits per heavy atom. The molecular formula is C27H43NO4. The smallest absolute Gasteiger partial charge is 0.297 e. The number of fused-ring (bicyclic) bond motifs is 1. The predicted octanol–water partition coefficient (Wildman–Crippen LogP) is 7.12. The molecule has 2 rings (SSSR count). The van der Waals surface area contributed by atoms with E-state index in [1.807, 2.05) is 36.6 Å². The average Bonchev–Trinajstić information content (AvgIpc) is 2.78. The molecule has 0 fully saturated rings. The van der Waals surface area contributed by atoms with E-state index in [1.54, 1.807) is 7.11 Å². The maximum atomic E-state index is 13.6. The summed E-state index contributed by atoms with van der Waals surface area (Å²) in [5.74, 6) is 1.63. The van der Waals surface area contributed by atoms with E-state index in [-0.39, 0.29) is 11.7 Å². The summed E-state index contributed by atoms with van der Waals surface area (Å²) in [5, 5.41) is 0.897.